The van der Waals surface area contributed by atoms with Crippen molar-refractivity contribution in [2.24, 2.45) is 0 Å². The van der Waals surface area contributed by atoms with Gasteiger partial charge in [-0.15, -0.1) is 5.10 Å². The van der Waals surface area contributed by atoms with Crippen LogP contribution in [0, 0.1) is 6.92 Å². The lowest BCUT2D eigenvalue weighted by Crippen LogP contribution is -2.36. The summed E-state index contributed by atoms with van der Waals surface area (Å²) in [6.07, 6.45) is 4.10. The average Bonchev–Trinajstić information content (AvgIpc) is 3.15. The number of rotatable bonds is 4. The summed E-state index contributed by atoms with van der Waals surface area (Å²) >= 11 is 0. The van der Waals surface area contributed by atoms with Crippen LogP contribution in [0.1, 0.15) is 62.4 Å². The zero-order valence-electron chi connectivity index (χ0n) is 15.1. The molecule has 1 fully saturated rings. The molecule has 0 aromatic carbocycles. The molecule has 2 aromatic heterocycles. The van der Waals surface area contributed by atoms with Crippen LogP contribution >= 0.6 is 0 Å². The molecule has 1 N–H and O–H groups in total. The summed E-state index contributed by atoms with van der Waals surface area (Å²) < 4.78 is 7.87. The summed E-state index contributed by atoms with van der Waals surface area (Å²) in [5.41, 5.74) is 1.94. The number of hydrogen-bond donors (Lipinski definition) is 1. The van der Waals surface area contributed by atoms with Gasteiger partial charge in [0, 0.05) is 24.1 Å². The third-order valence-corrected chi connectivity index (χ3v) is 4.73. The number of furan rings is 1. The number of nitrogens with zero attached hydrogens (tertiary/aromatic N) is 4. The number of likely N-dealkylation sites (tertiary alicyclic amines) is 1. The van der Waals surface area contributed by atoms with Crippen molar-refractivity contribution in [1.82, 2.24) is 19.9 Å². The molecule has 0 radical (unpaired) electrons. The molecule has 132 valence electrons. The van der Waals surface area contributed by atoms with Crippen LogP contribution < -0.4 is 0 Å². The van der Waals surface area contributed by atoms with Crippen molar-refractivity contribution < 1.29 is 9.52 Å². The minimum atomic E-state index is -0.0553. The van der Waals surface area contributed by atoms with E-state index in [4.69, 9.17) is 9.52 Å². The molecule has 1 unspecified atom stereocenters. The predicted octanol–water partition coefficient (Wildman–Crippen LogP) is 2.81. The van der Waals surface area contributed by atoms with Crippen molar-refractivity contribution in [3.63, 3.8) is 0 Å². The van der Waals surface area contributed by atoms with Crippen molar-refractivity contribution in [2.45, 2.75) is 65.1 Å². The van der Waals surface area contributed by atoms with E-state index in [0.717, 1.165) is 44.0 Å². The molecule has 0 bridgehead atoms. The smallest absolute Gasteiger partial charge is 0.109 e. The first-order valence-corrected chi connectivity index (χ1v) is 8.70. The van der Waals surface area contributed by atoms with Crippen LogP contribution in [0.3, 0.4) is 0 Å². The Morgan fingerprint density at radius 1 is 1.38 bits per heavy atom. The Morgan fingerprint density at radius 3 is 2.79 bits per heavy atom. The van der Waals surface area contributed by atoms with Gasteiger partial charge in [0.15, 0.2) is 0 Å². The van der Waals surface area contributed by atoms with Gasteiger partial charge in [0.2, 0.25) is 0 Å². The molecule has 6 nitrogen and oxygen atoms in total. The van der Waals surface area contributed by atoms with E-state index in [1.165, 1.54) is 5.56 Å². The van der Waals surface area contributed by atoms with Crippen LogP contribution in [0.5, 0.6) is 0 Å². The topological polar surface area (TPSA) is 67.3 Å². The molecular formula is C18H28N4O2. The minimum absolute atomic E-state index is 0.0366. The molecule has 1 atom stereocenters. The van der Waals surface area contributed by atoms with E-state index in [1.54, 1.807) is 0 Å². The highest BCUT2D eigenvalue weighted by Crippen LogP contribution is 2.29. The van der Waals surface area contributed by atoms with Gasteiger partial charge in [-0.25, -0.2) is 4.68 Å². The number of aliphatic hydroxyl groups is 1. The molecule has 3 rings (SSSR count). The molecule has 1 aliphatic heterocycles. The average molecular weight is 332 g/mol. The Bertz CT molecular complexity index is 683. The van der Waals surface area contributed by atoms with E-state index in [9.17, 15) is 0 Å². The molecular weight excluding hydrogens is 304 g/mol. The number of aryl methyl sites for hydroxylation is 1. The first-order chi connectivity index (χ1) is 11.4. The molecule has 0 amide bonds. The van der Waals surface area contributed by atoms with Crippen LogP contribution in [0.4, 0.5) is 0 Å². The second-order valence-electron chi connectivity index (χ2n) is 7.82. The number of piperidine rings is 1. The highest BCUT2D eigenvalue weighted by molar-refractivity contribution is 5.24. The van der Waals surface area contributed by atoms with Crippen molar-refractivity contribution in [1.29, 1.82) is 0 Å². The third kappa shape index (κ3) is 3.70. The fraction of sp³-hybridized carbons (Fsp3) is 0.667. The maximum absolute atomic E-state index is 9.16. The third-order valence-electron chi connectivity index (χ3n) is 4.73. The normalized spacial score (nSPS) is 19.8. The standard InChI is InChI=1S/C18H28N4O2/c1-13-14(8-17(24-13)18(2,3)4)9-21-7-5-6-16(11-21)22-10-15(12-23)19-20-22/h8,10,16,23H,5-7,9,11-12H2,1-4H3. The molecule has 0 aliphatic carbocycles. The van der Waals surface area contributed by atoms with Crippen molar-refractivity contribution in [3.8, 4) is 0 Å². The second-order valence-corrected chi connectivity index (χ2v) is 7.82. The Balaban J connectivity index is 1.68. The molecule has 1 aliphatic rings. The van der Waals surface area contributed by atoms with Gasteiger partial charge in [-0.3, -0.25) is 4.90 Å². The van der Waals surface area contributed by atoms with E-state index in [0.29, 0.717) is 11.7 Å². The van der Waals surface area contributed by atoms with Gasteiger partial charge in [0.1, 0.15) is 17.2 Å². The van der Waals surface area contributed by atoms with Crippen molar-refractivity contribution in [2.75, 3.05) is 13.1 Å². The van der Waals surface area contributed by atoms with Gasteiger partial charge in [0.05, 0.1) is 18.8 Å². The molecule has 2 aromatic rings. The summed E-state index contributed by atoms with van der Waals surface area (Å²) in [6.45, 7) is 11.5. The fourth-order valence-corrected chi connectivity index (χ4v) is 3.24. The largest absolute Gasteiger partial charge is 0.465 e. The summed E-state index contributed by atoms with van der Waals surface area (Å²) in [7, 11) is 0. The Kier molecular flexibility index (Phi) is 4.78. The first-order valence-electron chi connectivity index (χ1n) is 8.70. The monoisotopic (exact) mass is 332 g/mol. The SMILES string of the molecule is Cc1oc(C(C)(C)C)cc1CN1CCCC(n2cc(CO)nn2)C1. The molecule has 0 saturated carbocycles. The van der Waals surface area contributed by atoms with E-state index < -0.39 is 0 Å². The summed E-state index contributed by atoms with van der Waals surface area (Å²) in [5, 5.41) is 17.3. The van der Waals surface area contributed by atoms with Gasteiger partial charge in [-0.05, 0) is 32.4 Å². The summed E-state index contributed by atoms with van der Waals surface area (Å²) in [6, 6.07) is 2.53. The van der Waals surface area contributed by atoms with Gasteiger partial charge < -0.3 is 9.52 Å². The summed E-state index contributed by atoms with van der Waals surface area (Å²) in [4.78, 5) is 2.46. The number of aliphatic hydroxyl groups excluding tert-OH is 1. The lowest BCUT2D eigenvalue weighted by atomic mass is 9.93. The Morgan fingerprint density at radius 2 is 2.17 bits per heavy atom. The number of hydrogen-bond acceptors (Lipinski definition) is 5. The van der Waals surface area contributed by atoms with Gasteiger partial charge in [-0.2, -0.15) is 0 Å². The zero-order chi connectivity index (χ0) is 17.3. The maximum atomic E-state index is 9.16. The van der Waals surface area contributed by atoms with Gasteiger partial charge >= 0.3 is 0 Å². The van der Waals surface area contributed by atoms with Gasteiger partial charge in [-0.1, -0.05) is 26.0 Å². The quantitative estimate of drug-likeness (QED) is 0.932. The zero-order valence-corrected chi connectivity index (χ0v) is 15.1. The van der Waals surface area contributed by atoms with E-state index in [-0.39, 0.29) is 12.0 Å². The molecule has 3 heterocycles. The van der Waals surface area contributed by atoms with Crippen molar-refractivity contribution in [3.05, 3.63) is 35.0 Å². The fourth-order valence-electron chi connectivity index (χ4n) is 3.24. The van der Waals surface area contributed by atoms with E-state index in [2.05, 4.69) is 49.0 Å². The minimum Gasteiger partial charge on any atom is -0.465 e. The second kappa shape index (κ2) is 6.69. The van der Waals surface area contributed by atoms with Crippen LogP contribution in [-0.2, 0) is 18.6 Å². The van der Waals surface area contributed by atoms with Crippen LogP contribution in [0.2, 0.25) is 0 Å². The van der Waals surface area contributed by atoms with E-state index >= 15 is 0 Å². The summed E-state index contributed by atoms with van der Waals surface area (Å²) in [5.74, 6) is 2.07. The highest BCUT2D eigenvalue weighted by Gasteiger charge is 2.25. The van der Waals surface area contributed by atoms with Gasteiger partial charge in [0.25, 0.3) is 0 Å². The molecule has 24 heavy (non-hydrogen) atoms. The molecule has 6 heteroatoms. The Labute approximate surface area is 143 Å². The highest BCUT2D eigenvalue weighted by atomic mass is 16.3. The molecule has 0 spiro atoms. The van der Waals surface area contributed by atoms with Crippen LogP contribution in [0.25, 0.3) is 0 Å². The Hall–Kier alpha value is -1.66. The maximum Gasteiger partial charge on any atom is 0.109 e. The van der Waals surface area contributed by atoms with Crippen LogP contribution in [-0.4, -0.2) is 38.1 Å². The van der Waals surface area contributed by atoms with Crippen LogP contribution in [0.15, 0.2) is 16.7 Å². The van der Waals surface area contributed by atoms with Crippen molar-refractivity contribution >= 4 is 0 Å². The molecule has 1 saturated heterocycles. The lowest BCUT2D eigenvalue weighted by molar-refractivity contribution is 0.161. The van der Waals surface area contributed by atoms with E-state index in [1.807, 2.05) is 10.9 Å². The number of aromatic nitrogens is 3. The predicted molar refractivity (Wildman–Crippen MR) is 91.6 cm³/mol. The first kappa shape index (κ1) is 17.2. The lowest BCUT2D eigenvalue weighted by Gasteiger charge is -2.32.